The van der Waals surface area contributed by atoms with Gasteiger partial charge in [0.2, 0.25) is 0 Å². The van der Waals surface area contributed by atoms with Crippen LogP contribution in [0.1, 0.15) is 16.1 Å². The number of amides is 1. The molecule has 2 heterocycles. The minimum absolute atomic E-state index is 0.0665. The monoisotopic (exact) mass is 324 g/mol. The molecule has 7 nitrogen and oxygen atoms in total. The SMILES string of the molecule is CSc1ccc(NC(=O)c2c(O)c(F)c(C)n(C)c2=O)nn1. The van der Waals surface area contributed by atoms with Gasteiger partial charge in [0.15, 0.2) is 17.4 Å². The zero-order valence-electron chi connectivity index (χ0n) is 12.0. The highest BCUT2D eigenvalue weighted by Gasteiger charge is 2.23. The molecule has 0 bridgehead atoms. The summed E-state index contributed by atoms with van der Waals surface area (Å²) in [5.41, 5.74) is -1.55. The maximum Gasteiger partial charge on any atom is 0.267 e. The summed E-state index contributed by atoms with van der Waals surface area (Å²) >= 11 is 1.37. The molecule has 2 aromatic heterocycles. The lowest BCUT2D eigenvalue weighted by atomic mass is 10.2. The van der Waals surface area contributed by atoms with Crippen LogP contribution >= 0.6 is 11.8 Å². The maximum absolute atomic E-state index is 13.8. The van der Waals surface area contributed by atoms with Crippen LogP contribution in [0.5, 0.6) is 5.75 Å². The third-order valence-corrected chi connectivity index (χ3v) is 3.74. The quantitative estimate of drug-likeness (QED) is 0.826. The summed E-state index contributed by atoms with van der Waals surface area (Å²) in [6, 6.07) is 3.11. The first-order valence-electron chi connectivity index (χ1n) is 6.14. The Morgan fingerprint density at radius 3 is 2.64 bits per heavy atom. The number of pyridine rings is 1. The molecule has 0 saturated carbocycles. The number of halogens is 1. The summed E-state index contributed by atoms with van der Waals surface area (Å²) in [6.07, 6.45) is 1.82. The van der Waals surface area contributed by atoms with Gasteiger partial charge in [0, 0.05) is 7.05 Å². The van der Waals surface area contributed by atoms with Crippen molar-refractivity contribution in [3.63, 3.8) is 0 Å². The normalized spacial score (nSPS) is 10.5. The predicted octanol–water partition coefficient (Wildman–Crippen LogP) is 1.30. The molecule has 0 aromatic carbocycles. The second kappa shape index (κ2) is 6.14. The fourth-order valence-corrected chi connectivity index (χ4v) is 2.06. The molecule has 0 radical (unpaired) electrons. The van der Waals surface area contributed by atoms with Crippen LogP contribution in [0, 0.1) is 12.7 Å². The lowest BCUT2D eigenvalue weighted by Crippen LogP contribution is -2.30. The van der Waals surface area contributed by atoms with Crippen molar-refractivity contribution in [2.45, 2.75) is 11.9 Å². The van der Waals surface area contributed by atoms with Crippen LogP contribution in [0.2, 0.25) is 0 Å². The molecule has 116 valence electrons. The minimum Gasteiger partial charge on any atom is -0.504 e. The summed E-state index contributed by atoms with van der Waals surface area (Å²) in [7, 11) is 1.31. The lowest BCUT2D eigenvalue weighted by molar-refractivity contribution is 0.102. The molecular weight excluding hydrogens is 311 g/mol. The van der Waals surface area contributed by atoms with E-state index in [0.29, 0.717) is 5.03 Å². The van der Waals surface area contributed by atoms with Crippen molar-refractivity contribution in [3.05, 3.63) is 39.6 Å². The van der Waals surface area contributed by atoms with Crippen LogP contribution in [0.15, 0.2) is 22.0 Å². The lowest BCUT2D eigenvalue weighted by Gasteiger charge is -2.11. The van der Waals surface area contributed by atoms with Crippen molar-refractivity contribution in [2.24, 2.45) is 7.05 Å². The molecular formula is C13H13FN4O3S. The Morgan fingerprint density at radius 1 is 1.41 bits per heavy atom. The molecule has 1 amide bonds. The van der Waals surface area contributed by atoms with Gasteiger partial charge in [0.05, 0.1) is 5.69 Å². The second-order valence-electron chi connectivity index (χ2n) is 4.40. The van der Waals surface area contributed by atoms with Crippen molar-refractivity contribution >= 4 is 23.5 Å². The number of thioether (sulfide) groups is 1. The van der Waals surface area contributed by atoms with E-state index in [1.54, 1.807) is 6.07 Å². The van der Waals surface area contributed by atoms with E-state index in [1.165, 1.54) is 31.8 Å². The Morgan fingerprint density at radius 2 is 2.09 bits per heavy atom. The van der Waals surface area contributed by atoms with E-state index < -0.39 is 28.6 Å². The number of hydrogen-bond donors (Lipinski definition) is 2. The van der Waals surface area contributed by atoms with E-state index >= 15 is 0 Å². The molecule has 0 unspecified atom stereocenters. The summed E-state index contributed by atoms with van der Waals surface area (Å²) in [4.78, 5) is 24.1. The first-order chi connectivity index (χ1) is 10.4. The largest absolute Gasteiger partial charge is 0.504 e. The molecule has 0 aliphatic rings. The Kier molecular flexibility index (Phi) is 4.45. The number of nitrogens with one attached hydrogen (secondary N) is 1. The number of carbonyl (C=O) groups excluding carboxylic acids is 1. The highest BCUT2D eigenvalue weighted by atomic mass is 32.2. The molecule has 2 N–H and O–H groups in total. The third kappa shape index (κ3) is 2.80. The Balaban J connectivity index is 2.39. The molecule has 0 aliphatic heterocycles. The molecule has 0 saturated heterocycles. The Bertz CT molecular complexity index is 789. The molecule has 0 atom stereocenters. The first kappa shape index (κ1) is 16.0. The average Bonchev–Trinajstić information content (AvgIpc) is 2.52. The van der Waals surface area contributed by atoms with Gasteiger partial charge in [-0.15, -0.1) is 22.0 Å². The number of anilines is 1. The molecule has 0 fully saturated rings. The van der Waals surface area contributed by atoms with E-state index in [2.05, 4.69) is 15.5 Å². The number of nitrogens with zero attached hydrogens (tertiary/aromatic N) is 3. The second-order valence-corrected chi connectivity index (χ2v) is 5.23. The van der Waals surface area contributed by atoms with Gasteiger partial charge >= 0.3 is 0 Å². The van der Waals surface area contributed by atoms with Gasteiger partial charge in [0.25, 0.3) is 11.5 Å². The van der Waals surface area contributed by atoms with Crippen LogP contribution in [0.25, 0.3) is 0 Å². The van der Waals surface area contributed by atoms with E-state index in [0.717, 1.165) is 4.57 Å². The van der Waals surface area contributed by atoms with Crippen molar-refractivity contribution in [3.8, 4) is 5.75 Å². The molecule has 22 heavy (non-hydrogen) atoms. The van der Waals surface area contributed by atoms with Crippen LogP contribution in [-0.2, 0) is 7.05 Å². The van der Waals surface area contributed by atoms with Crippen molar-refractivity contribution in [1.82, 2.24) is 14.8 Å². The fraction of sp³-hybridized carbons (Fsp3) is 0.231. The average molecular weight is 324 g/mol. The van der Waals surface area contributed by atoms with Crippen LogP contribution in [-0.4, -0.2) is 32.0 Å². The van der Waals surface area contributed by atoms with Gasteiger partial charge in [-0.1, -0.05) is 0 Å². The number of rotatable bonds is 3. The molecule has 2 aromatic rings. The van der Waals surface area contributed by atoms with Crippen LogP contribution in [0.3, 0.4) is 0 Å². The smallest absolute Gasteiger partial charge is 0.267 e. The van der Waals surface area contributed by atoms with Crippen LogP contribution < -0.4 is 10.9 Å². The van der Waals surface area contributed by atoms with E-state index in [9.17, 15) is 19.1 Å². The first-order valence-corrected chi connectivity index (χ1v) is 7.36. The molecule has 0 aliphatic carbocycles. The van der Waals surface area contributed by atoms with Gasteiger partial charge < -0.3 is 15.0 Å². The maximum atomic E-state index is 13.8. The summed E-state index contributed by atoms with van der Waals surface area (Å²) in [6.45, 7) is 1.32. The third-order valence-electron chi connectivity index (χ3n) is 3.10. The standard InChI is InChI=1S/C13H13FN4O3S/c1-6-10(14)11(19)9(13(21)18(6)2)12(20)15-7-4-5-8(22-3)17-16-7/h4-5,19H,1-3H3,(H,15,16,20). The van der Waals surface area contributed by atoms with Crippen molar-refractivity contribution in [1.29, 1.82) is 0 Å². The van der Waals surface area contributed by atoms with Crippen molar-refractivity contribution < 1.29 is 14.3 Å². The van der Waals surface area contributed by atoms with Crippen molar-refractivity contribution in [2.75, 3.05) is 11.6 Å². The predicted molar refractivity (Wildman–Crippen MR) is 79.8 cm³/mol. The minimum atomic E-state index is -1.02. The fourth-order valence-electron chi connectivity index (χ4n) is 1.73. The van der Waals surface area contributed by atoms with Gasteiger partial charge in [0.1, 0.15) is 10.6 Å². The summed E-state index contributed by atoms with van der Waals surface area (Å²) < 4.78 is 14.8. The highest BCUT2D eigenvalue weighted by molar-refractivity contribution is 7.98. The number of hydrogen-bond acceptors (Lipinski definition) is 6. The number of aromatic nitrogens is 3. The number of carbonyl (C=O) groups is 1. The molecule has 0 spiro atoms. The number of aromatic hydroxyl groups is 1. The van der Waals surface area contributed by atoms with E-state index in [4.69, 9.17) is 0 Å². The highest BCUT2D eigenvalue weighted by Crippen LogP contribution is 2.21. The Hall–Kier alpha value is -2.42. The summed E-state index contributed by atoms with van der Waals surface area (Å²) in [5.74, 6) is -2.86. The van der Waals surface area contributed by atoms with Gasteiger partial charge in [-0.3, -0.25) is 9.59 Å². The zero-order chi connectivity index (χ0) is 16.4. The topological polar surface area (TPSA) is 97.1 Å². The van der Waals surface area contributed by atoms with E-state index in [-0.39, 0.29) is 11.5 Å². The summed E-state index contributed by atoms with van der Waals surface area (Å²) in [5, 5.41) is 20.2. The molecule has 9 heteroatoms. The Labute approximate surface area is 129 Å². The zero-order valence-corrected chi connectivity index (χ0v) is 12.9. The van der Waals surface area contributed by atoms with Gasteiger partial charge in [-0.2, -0.15) is 0 Å². The van der Waals surface area contributed by atoms with Crippen LogP contribution in [0.4, 0.5) is 10.2 Å². The van der Waals surface area contributed by atoms with E-state index in [1.807, 2.05) is 6.26 Å². The van der Waals surface area contributed by atoms with Gasteiger partial charge in [-0.25, -0.2) is 4.39 Å². The molecule has 2 rings (SSSR count). The van der Waals surface area contributed by atoms with Gasteiger partial charge in [-0.05, 0) is 25.3 Å².